The van der Waals surface area contributed by atoms with Crippen molar-refractivity contribution in [2.75, 3.05) is 13.7 Å². The van der Waals surface area contributed by atoms with Gasteiger partial charge in [-0.2, -0.15) is 0 Å². The van der Waals surface area contributed by atoms with Gasteiger partial charge in [-0.1, -0.05) is 23.4 Å². The molecule has 0 spiro atoms. The van der Waals surface area contributed by atoms with Gasteiger partial charge in [0, 0.05) is 23.7 Å². The van der Waals surface area contributed by atoms with Gasteiger partial charge in [0.25, 0.3) is 5.91 Å². The summed E-state index contributed by atoms with van der Waals surface area (Å²) in [4.78, 5) is 14.6. The first-order valence-corrected chi connectivity index (χ1v) is 8.84. The number of amides is 1. The largest absolute Gasteiger partial charge is 0.497 e. The Hall–Kier alpha value is -3.15. The molecule has 6 heteroatoms. The lowest BCUT2D eigenvalue weighted by atomic mass is 10.0. The maximum Gasteiger partial charge on any atom is 0.292 e. The number of likely N-dealkylation sites (tertiary alicyclic amines) is 1. The summed E-state index contributed by atoms with van der Waals surface area (Å²) in [7, 11) is 1.60. The Morgan fingerprint density at radius 3 is 2.74 bits per heavy atom. The summed E-state index contributed by atoms with van der Waals surface area (Å²) in [6.45, 7) is 0.566. The van der Waals surface area contributed by atoms with Crippen molar-refractivity contribution in [2.24, 2.45) is 0 Å². The molecule has 5 nitrogen and oxygen atoms in total. The maximum atomic E-state index is 14.2. The molecule has 1 saturated heterocycles. The second-order valence-electron chi connectivity index (χ2n) is 6.48. The minimum absolute atomic E-state index is 0.157. The summed E-state index contributed by atoms with van der Waals surface area (Å²) in [6.07, 6.45) is 1.55. The number of rotatable bonds is 4. The van der Waals surface area contributed by atoms with Crippen LogP contribution in [-0.2, 0) is 0 Å². The number of methoxy groups -OCH3 is 1. The Morgan fingerprint density at radius 1 is 1.22 bits per heavy atom. The van der Waals surface area contributed by atoms with Gasteiger partial charge in [-0.15, -0.1) is 0 Å². The van der Waals surface area contributed by atoms with Crippen molar-refractivity contribution in [3.05, 3.63) is 71.7 Å². The van der Waals surface area contributed by atoms with E-state index in [1.54, 1.807) is 36.3 Å². The molecule has 0 unspecified atom stereocenters. The van der Waals surface area contributed by atoms with Crippen molar-refractivity contribution in [1.29, 1.82) is 0 Å². The monoisotopic (exact) mass is 366 g/mol. The van der Waals surface area contributed by atoms with Crippen molar-refractivity contribution in [3.63, 3.8) is 0 Å². The Kier molecular flexibility index (Phi) is 4.62. The molecule has 1 fully saturated rings. The normalized spacial score (nSPS) is 16.5. The van der Waals surface area contributed by atoms with Crippen LogP contribution in [0, 0.1) is 5.82 Å². The third-order valence-corrected chi connectivity index (χ3v) is 4.88. The number of ether oxygens (including phenoxy) is 1. The van der Waals surface area contributed by atoms with E-state index >= 15 is 0 Å². The van der Waals surface area contributed by atoms with Gasteiger partial charge in [-0.05, 0) is 43.2 Å². The number of carbonyl (C=O) groups is 1. The van der Waals surface area contributed by atoms with Gasteiger partial charge in [0.15, 0.2) is 0 Å². The fourth-order valence-electron chi connectivity index (χ4n) is 3.49. The van der Waals surface area contributed by atoms with Crippen LogP contribution < -0.4 is 4.74 Å². The fourth-order valence-corrected chi connectivity index (χ4v) is 3.49. The van der Waals surface area contributed by atoms with E-state index in [2.05, 4.69) is 5.16 Å². The highest BCUT2D eigenvalue weighted by atomic mass is 19.1. The summed E-state index contributed by atoms with van der Waals surface area (Å²) in [5.41, 5.74) is 1.94. The van der Waals surface area contributed by atoms with E-state index in [1.165, 1.54) is 6.07 Å². The zero-order valence-electron chi connectivity index (χ0n) is 14.9. The van der Waals surface area contributed by atoms with E-state index in [-0.39, 0.29) is 23.5 Å². The highest BCUT2D eigenvalue weighted by molar-refractivity contribution is 5.93. The first kappa shape index (κ1) is 17.3. The molecule has 1 aliphatic heterocycles. The molecule has 0 radical (unpaired) electrons. The van der Waals surface area contributed by atoms with Gasteiger partial charge in [-0.25, -0.2) is 4.39 Å². The number of benzene rings is 2. The van der Waals surface area contributed by atoms with Crippen molar-refractivity contribution in [2.45, 2.75) is 18.9 Å². The van der Waals surface area contributed by atoms with Gasteiger partial charge < -0.3 is 14.2 Å². The van der Waals surface area contributed by atoms with Crippen LogP contribution in [0.4, 0.5) is 4.39 Å². The Labute approximate surface area is 156 Å². The van der Waals surface area contributed by atoms with E-state index in [0.29, 0.717) is 17.8 Å². The molecule has 0 bridgehead atoms. The molecule has 138 valence electrons. The Morgan fingerprint density at radius 2 is 2.00 bits per heavy atom. The van der Waals surface area contributed by atoms with Crippen molar-refractivity contribution in [3.8, 4) is 17.0 Å². The first-order chi connectivity index (χ1) is 13.2. The minimum Gasteiger partial charge on any atom is -0.497 e. The maximum absolute atomic E-state index is 14.2. The van der Waals surface area contributed by atoms with Gasteiger partial charge in [0.05, 0.1) is 13.2 Å². The van der Waals surface area contributed by atoms with E-state index < -0.39 is 0 Å². The van der Waals surface area contributed by atoms with E-state index in [0.717, 1.165) is 24.2 Å². The van der Waals surface area contributed by atoms with E-state index in [4.69, 9.17) is 9.26 Å². The lowest BCUT2D eigenvalue weighted by Crippen LogP contribution is -2.30. The smallest absolute Gasteiger partial charge is 0.292 e. The SMILES string of the molecule is COc1ccc(-c2cc(C(=O)N3CCC[C@H]3c3ccccc3F)on2)cc1. The highest BCUT2D eigenvalue weighted by Gasteiger charge is 2.33. The van der Waals surface area contributed by atoms with Crippen LogP contribution in [0.25, 0.3) is 11.3 Å². The molecule has 3 aromatic rings. The van der Waals surface area contributed by atoms with Gasteiger partial charge in [0.2, 0.25) is 5.76 Å². The predicted molar refractivity (Wildman–Crippen MR) is 97.9 cm³/mol. The quantitative estimate of drug-likeness (QED) is 0.684. The van der Waals surface area contributed by atoms with Crippen LogP contribution in [0.1, 0.15) is 35.0 Å². The number of halogens is 1. The summed E-state index contributed by atoms with van der Waals surface area (Å²) < 4.78 is 24.6. The van der Waals surface area contributed by atoms with E-state index in [1.807, 2.05) is 24.3 Å². The lowest BCUT2D eigenvalue weighted by molar-refractivity contribution is 0.0691. The van der Waals surface area contributed by atoms with Crippen LogP contribution in [0.2, 0.25) is 0 Å². The molecule has 2 heterocycles. The second kappa shape index (κ2) is 7.23. The summed E-state index contributed by atoms with van der Waals surface area (Å²) in [6, 6.07) is 15.3. The number of hydrogen-bond donors (Lipinski definition) is 0. The lowest BCUT2D eigenvalue weighted by Gasteiger charge is -2.24. The average Bonchev–Trinajstić information content (AvgIpc) is 3.38. The van der Waals surface area contributed by atoms with Crippen LogP contribution in [-0.4, -0.2) is 29.6 Å². The number of carbonyl (C=O) groups excluding carboxylic acids is 1. The third kappa shape index (κ3) is 3.30. The second-order valence-corrected chi connectivity index (χ2v) is 6.48. The third-order valence-electron chi connectivity index (χ3n) is 4.88. The Bertz CT molecular complexity index is 952. The molecular weight excluding hydrogens is 347 g/mol. The van der Waals surface area contributed by atoms with Gasteiger partial charge >= 0.3 is 0 Å². The van der Waals surface area contributed by atoms with E-state index in [9.17, 15) is 9.18 Å². The molecule has 4 rings (SSSR count). The van der Waals surface area contributed by atoms with Crippen LogP contribution in [0.3, 0.4) is 0 Å². The zero-order valence-corrected chi connectivity index (χ0v) is 14.9. The minimum atomic E-state index is -0.293. The number of aromatic nitrogens is 1. The number of hydrogen-bond acceptors (Lipinski definition) is 4. The molecule has 0 N–H and O–H groups in total. The van der Waals surface area contributed by atoms with Crippen LogP contribution in [0.5, 0.6) is 5.75 Å². The molecule has 0 aliphatic carbocycles. The van der Waals surface area contributed by atoms with Crippen molar-refractivity contribution >= 4 is 5.91 Å². The standard InChI is InChI=1S/C21H19FN2O3/c1-26-15-10-8-14(9-11-15)18-13-20(27-23-18)21(25)24-12-4-7-19(24)16-5-2-3-6-17(16)22/h2-3,5-6,8-11,13,19H,4,7,12H2,1H3/t19-/m0/s1. The summed E-state index contributed by atoms with van der Waals surface area (Å²) >= 11 is 0. The van der Waals surface area contributed by atoms with Crippen LogP contribution >= 0.6 is 0 Å². The molecule has 1 amide bonds. The highest BCUT2D eigenvalue weighted by Crippen LogP contribution is 2.35. The molecule has 1 atom stereocenters. The predicted octanol–water partition coefficient (Wildman–Crippen LogP) is 4.47. The van der Waals surface area contributed by atoms with Crippen molar-refractivity contribution in [1.82, 2.24) is 10.1 Å². The average molecular weight is 366 g/mol. The molecule has 1 aromatic heterocycles. The number of nitrogens with zero attached hydrogens (tertiary/aromatic N) is 2. The van der Waals surface area contributed by atoms with Crippen molar-refractivity contribution < 1.29 is 18.4 Å². The molecule has 0 saturated carbocycles. The van der Waals surface area contributed by atoms with Gasteiger partial charge in [-0.3, -0.25) is 4.79 Å². The summed E-state index contributed by atoms with van der Waals surface area (Å²) in [5.74, 6) is 0.333. The molecule has 1 aliphatic rings. The first-order valence-electron chi connectivity index (χ1n) is 8.84. The van der Waals surface area contributed by atoms with Crippen LogP contribution in [0.15, 0.2) is 59.1 Å². The molecular formula is C21H19FN2O3. The zero-order chi connectivity index (χ0) is 18.8. The fraction of sp³-hybridized carbons (Fsp3) is 0.238. The Balaban J connectivity index is 1.57. The topological polar surface area (TPSA) is 55.6 Å². The van der Waals surface area contributed by atoms with Gasteiger partial charge in [0.1, 0.15) is 17.3 Å². The summed E-state index contributed by atoms with van der Waals surface area (Å²) in [5, 5.41) is 4.01. The molecule has 27 heavy (non-hydrogen) atoms. The molecule has 2 aromatic carbocycles.